The second-order valence-corrected chi connectivity index (χ2v) is 23.4. The number of ether oxygens (including phenoxy) is 2. The van der Waals surface area contributed by atoms with Crippen LogP contribution in [0.3, 0.4) is 0 Å². The third kappa shape index (κ3) is 6.44. The van der Waals surface area contributed by atoms with E-state index in [0.29, 0.717) is 6.42 Å². The predicted molar refractivity (Wildman–Crippen MR) is 145 cm³/mol. The fourth-order valence-corrected chi connectivity index (χ4v) is 21.8. The topological polar surface area (TPSA) is 55.8 Å². The molecule has 0 spiro atoms. The summed E-state index contributed by atoms with van der Waals surface area (Å²) >= 11 is -2.58. The van der Waals surface area contributed by atoms with Crippen molar-refractivity contribution in [2.75, 3.05) is 19.1 Å². The first-order valence-electron chi connectivity index (χ1n) is 13.7. The Bertz CT molecular complexity index is 859. The molecule has 6 heteroatoms. The molecule has 35 heavy (non-hydrogen) atoms. The van der Waals surface area contributed by atoms with Crippen molar-refractivity contribution in [3.05, 3.63) is 33.9 Å². The Kier molecular flexibility index (Phi) is 10.6. The molecule has 1 aromatic carbocycles. The van der Waals surface area contributed by atoms with Crippen molar-refractivity contribution < 1.29 is 19.1 Å². The zero-order valence-corrected chi connectivity index (χ0v) is 25.3. The number of unbranched alkanes of at least 4 members (excludes halogenated alkanes) is 3. The van der Waals surface area contributed by atoms with Gasteiger partial charge in [-0.3, -0.25) is 0 Å². The number of rotatable bonds is 14. The van der Waals surface area contributed by atoms with E-state index in [1.165, 1.54) is 64.5 Å². The Morgan fingerprint density at radius 1 is 1.00 bits per heavy atom. The fourth-order valence-electron chi connectivity index (χ4n) is 6.16. The van der Waals surface area contributed by atoms with Crippen molar-refractivity contribution in [2.45, 2.75) is 91.5 Å². The van der Waals surface area contributed by atoms with Gasteiger partial charge in [-0.05, 0) is 0 Å². The molecule has 2 aliphatic rings. The van der Waals surface area contributed by atoms with Gasteiger partial charge in [0.15, 0.2) is 0 Å². The zero-order chi connectivity index (χ0) is 25.4. The quantitative estimate of drug-likeness (QED) is 0.134. The van der Waals surface area contributed by atoms with E-state index in [2.05, 4.69) is 24.9 Å². The van der Waals surface area contributed by atoms with E-state index in [4.69, 9.17) is 9.47 Å². The third-order valence-electron chi connectivity index (χ3n) is 8.15. The second kappa shape index (κ2) is 13.2. The molecule has 3 rings (SSSR count). The Morgan fingerprint density at radius 2 is 1.57 bits per heavy atom. The summed E-state index contributed by atoms with van der Waals surface area (Å²) in [5.41, 5.74) is 2.29. The number of fused-ring (bicyclic) bond motifs is 1. The number of hydrogen-bond donors (Lipinski definition) is 0. The Hall–Kier alpha value is -1.50. The average molecular weight is 590 g/mol. The van der Waals surface area contributed by atoms with E-state index < -0.39 is 18.4 Å². The van der Waals surface area contributed by atoms with Gasteiger partial charge in [0.2, 0.25) is 0 Å². The molecule has 2 fully saturated rings. The summed E-state index contributed by atoms with van der Waals surface area (Å²) in [6, 6.07) is 7.76. The van der Waals surface area contributed by atoms with Crippen LogP contribution in [0.15, 0.2) is 33.9 Å². The van der Waals surface area contributed by atoms with Crippen molar-refractivity contribution in [3.63, 3.8) is 0 Å². The normalized spacial score (nSPS) is 22.8. The van der Waals surface area contributed by atoms with Crippen LogP contribution in [-0.4, -0.2) is 50.5 Å². The maximum atomic E-state index is 13.3. The first-order valence-corrected chi connectivity index (χ1v) is 21.4. The van der Waals surface area contributed by atoms with Crippen molar-refractivity contribution in [1.82, 2.24) is 0 Å². The van der Waals surface area contributed by atoms with Crippen LogP contribution in [0, 0.1) is 11.8 Å². The van der Waals surface area contributed by atoms with E-state index in [1.807, 2.05) is 29.2 Å². The maximum absolute atomic E-state index is 13.3. The summed E-state index contributed by atoms with van der Waals surface area (Å²) < 4.78 is 17.4. The van der Waals surface area contributed by atoms with Crippen LogP contribution in [0.5, 0.6) is 5.75 Å². The molecule has 1 saturated heterocycles. The van der Waals surface area contributed by atoms with Crippen LogP contribution in [0.4, 0.5) is 5.69 Å². The Balaban J connectivity index is 1.98. The van der Waals surface area contributed by atoms with E-state index >= 15 is 0 Å². The van der Waals surface area contributed by atoms with Crippen LogP contribution in [-0.2, 0) is 14.3 Å². The van der Waals surface area contributed by atoms with Gasteiger partial charge in [0, 0.05) is 0 Å². The van der Waals surface area contributed by atoms with E-state index in [1.54, 1.807) is 7.11 Å². The van der Waals surface area contributed by atoms with Crippen LogP contribution in [0.1, 0.15) is 72.1 Å². The molecule has 1 amide bonds. The van der Waals surface area contributed by atoms with Gasteiger partial charge in [-0.25, -0.2) is 0 Å². The summed E-state index contributed by atoms with van der Waals surface area (Å²) in [4.78, 5) is 27.8. The van der Waals surface area contributed by atoms with Gasteiger partial charge in [-0.2, -0.15) is 0 Å². The predicted octanol–water partition coefficient (Wildman–Crippen LogP) is 6.92. The molecule has 1 heterocycles. The Labute approximate surface area is 216 Å². The van der Waals surface area contributed by atoms with E-state index in [-0.39, 0.29) is 29.8 Å². The number of amides is 1. The molecular formula is C29H45NO4Sn. The number of anilines is 1. The molecule has 0 unspecified atom stereocenters. The van der Waals surface area contributed by atoms with Gasteiger partial charge in [0.1, 0.15) is 0 Å². The minimum atomic E-state index is -2.58. The monoisotopic (exact) mass is 591 g/mol. The van der Waals surface area contributed by atoms with E-state index in [9.17, 15) is 9.59 Å². The van der Waals surface area contributed by atoms with Crippen LogP contribution < -0.4 is 9.64 Å². The summed E-state index contributed by atoms with van der Waals surface area (Å²) in [6.45, 7) is 6.89. The molecule has 0 radical (unpaired) electrons. The first kappa shape index (κ1) is 28.1. The fraction of sp³-hybridized carbons (Fsp3) is 0.655. The molecular weight excluding hydrogens is 545 g/mol. The summed E-state index contributed by atoms with van der Waals surface area (Å²) in [7, 11) is 3.12. The molecule has 0 bridgehead atoms. The van der Waals surface area contributed by atoms with Crippen molar-refractivity contribution in [3.8, 4) is 5.75 Å². The van der Waals surface area contributed by atoms with E-state index in [0.717, 1.165) is 17.9 Å². The minimum absolute atomic E-state index is 0.00878. The number of methoxy groups -OCH3 is 2. The average Bonchev–Trinajstić information content (AvgIpc) is 3.17. The van der Waals surface area contributed by atoms with Crippen LogP contribution in [0.25, 0.3) is 0 Å². The number of β-lactam (4-membered cyclic amide) rings is 1. The molecule has 1 aliphatic heterocycles. The molecule has 0 aromatic heterocycles. The van der Waals surface area contributed by atoms with Gasteiger partial charge in [-0.1, -0.05) is 0 Å². The first-order chi connectivity index (χ1) is 16.9. The van der Waals surface area contributed by atoms with Gasteiger partial charge in [0.25, 0.3) is 0 Å². The SMILES string of the molecule is CCC[CH2][Sn](/[CH]=C1\C[C@@H]2C(=O)N(c3ccc(OC)cc3)[C@@H]2[C@H]1CC(=O)OC)([CH2]CCC)[CH2]CCC. The summed E-state index contributed by atoms with van der Waals surface area (Å²) in [5.74, 6) is 0.846. The molecule has 5 nitrogen and oxygen atoms in total. The second-order valence-electron chi connectivity index (χ2n) is 10.5. The number of carbonyl (C=O) groups is 2. The number of carbonyl (C=O) groups excluding carboxylic acids is 2. The molecule has 194 valence electrons. The van der Waals surface area contributed by atoms with Crippen LogP contribution in [0.2, 0.25) is 13.3 Å². The van der Waals surface area contributed by atoms with Crippen molar-refractivity contribution in [2.24, 2.45) is 11.8 Å². The summed E-state index contributed by atoms with van der Waals surface area (Å²) in [5, 5.41) is 0. The summed E-state index contributed by atoms with van der Waals surface area (Å²) in [6.07, 6.45) is 8.81. The van der Waals surface area contributed by atoms with Gasteiger partial charge < -0.3 is 0 Å². The molecule has 0 N–H and O–H groups in total. The van der Waals surface area contributed by atoms with Gasteiger partial charge in [0.05, 0.1) is 0 Å². The third-order valence-corrected chi connectivity index (χ3v) is 22.5. The molecule has 1 saturated carbocycles. The van der Waals surface area contributed by atoms with Gasteiger partial charge >= 0.3 is 217 Å². The number of nitrogens with zero attached hydrogens (tertiary/aromatic N) is 1. The Morgan fingerprint density at radius 3 is 2.06 bits per heavy atom. The van der Waals surface area contributed by atoms with Crippen molar-refractivity contribution >= 4 is 35.9 Å². The van der Waals surface area contributed by atoms with Crippen LogP contribution >= 0.6 is 0 Å². The number of hydrogen-bond acceptors (Lipinski definition) is 4. The number of esters is 1. The molecule has 1 aliphatic carbocycles. The molecule has 1 aromatic rings. The van der Waals surface area contributed by atoms with Crippen molar-refractivity contribution in [1.29, 1.82) is 0 Å². The molecule has 3 atom stereocenters. The number of benzene rings is 1. The standard InChI is InChI=1S/C17H18NO4.3C4H9.Sn/c1-10-8-14-16(13(10)9-15(19)22-3)18(17(14)20)11-4-6-12(21-2)7-5-11;3*1-3-4-2;/h1,4-7,13-14,16H,8-9H2,2-3H3;3*1,3-4H2,2H3;/t13-,14-,16+;;;;/m0..../s1. The van der Waals surface area contributed by atoms with Gasteiger partial charge in [-0.15, -0.1) is 0 Å². The zero-order valence-electron chi connectivity index (χ0n) is 22.5.